The molecule has 114 valence electrons. The highest BCUT2D eigenvalue weighted by Crippen LogP contribution is 2.19. The van der Waals surface area contributed by atoms with E-state index in [9.17, 15) is 14.7 Å². The lowest BCUT2D eigenvalue weighted by molar-refractivity contribution is -0.132. The minimum absolute atomic E-state index is 0.0867. The van der Waals surface area contributed by atoms with Gasteiger partial charge in [0.15, 0.2) is 0 Å². The third kappa shape index (κ3) is 3.47. The summed E-state index contributed by atoms with van der Waals surface area (Å²) in [5, 5.41) is 16.2. The van der Waals surface area contributed by atoms with Crippen LogP contribution >= 0.6 is 0 Å². The first-order chi connectivity index (χ1) is 11.1. The predicted octanol–water partition coefficient (Wildman–Crippen LogP) is 3.12. The summed E-state index contributed by atoms with van der Waals surface area (Å²) in [7, 11) is 0. The molecule has 0 atom stereocenters. The Hall–Kier alpha value is -3.34. The zero-order valence-corrected chi connectivity index (χ0v) is 12.1. The van der Waals surface area contributed by atoms with Crippen molar-refractivity contribution in [3.8, 4) is 5.75 Å². The fraction of sp³-hybridized carbons (Fsp3) is 0. The van der Waals surface area contributed by atoms with Crippen molar-refractivity contribution in [1.29, 1.82) is 0 Å². The van der Waals surface area contributed by atoms with Crippen LogP contribution < -0.4 is 10.6 Å². The van der Waals surface area contributed by atoms with Crippen LogP contribution in [0.1, 0.15) is 0 Å². The standard InChI is InChI=1S/C18H14N2O3/c21-16-9-7-14(8-10-16)19-17(22)18(23)20-15-6-5-12-3-1-2-4-13(12)11-15/h1-11,21H,(H,19,22)(H,20,23). The number of fused-ring (bicyclic) bond motifs is 1. The number of carbonyl (C=O) groups is 2. The summed E-state index contributed by atoms with van der Waals surface area (Å²) in [4.78, 5) is 23.8. The van der Waals surface area contributed by atoms with Crippen molar-refractivity contribution in [2.45, 2.75) is 0 Å². The quantitative estimate of drug-likeness (QED) is 0.503. The third-order valence-corrected chi connectivity index (χ3v) is 3.34. The fourth-order valence-electron chi connectivity index (χ4n) is 2.19. The van der Waals surface area contributed by atoms with Gasteiger partial charge in [0.05, 0.1) is 0 Å². The maximum Gasteiger partial charge on any atom is 0.314 e. The second-order valence-corrected chi connectivity index (χ2v) is 5.02. The summed E-state index contributed by atoms with van der Waals surface area (Å²) in [6, 6.07) is 19.1. The van der Waals surface area contributed by atoms with Crippen LogP contribution in [0, 0.1) is 0 Å². The van der Waals surface area contributed by atoms with Crippen molar-refractivity contribution >= 4 is 34.0 Å². The summed E-state index contributed by atoms with van der Waals surface area (Å²) in [6.45, 7) is 0. The van der Waals surface area contributed by atoms with E-state index >= 15 is 0 Å². The van der Waals surface area contributed by atoms with E-state index in [1.165, 1.54) is 24.3 Å². The fourth-order valence-corrected chi connectivity index (χ4v) is 2.19. The van der Waals surface area contributed by atoms with Gasteiger partial charge in [-0.1, -0.05) is 30.3 Å². The smallest absolute Gasteiger partial charge is 0.314 e. The minimum atomic E-state index is -0.774. The average molecular weight is 306 g/mol. The van der Waals surface area contributed by atoms with Gasteiger partial charge in [0.25, 0.3) is 0 Å². The number of carbonyl (C=O) groups excluding carboxylic acids is 2. The predicted molar refractivity (Wildman–Crippen MR) is 89.3 cm³/mol. The monoisotopic (exact) mass is 306 g/mol. The Morgan fingerprint density at radius 2 is 1.26 bits per heavy atom. The van der Waals surface area contributed by atoms with Gasteiger partial charge >= 0.3 is 11.8 Å². The first-order valence-corrected chi connectivity index (χ1v) is 7.02. The Bertz CT molecular complexity index is 873. The largest absolute Gasteiger partial charge is 0.508 e. The molecule has 5 nitrogen and oxygen atoms in total. The SMILES string of the molecule is O=C(Nc1ccc(O)cc1)C(=O)Nc1ccc2ccccc2c1. The Morgan fingerprint density at radius 1 is 0.696 bits per heavy atom. The first kappa shape index (κ1) is 14.6. The molecule has 3 aromatic rings. The number of phenols is 1. The number of nitrogens with one attached hydrogen (secondary N) is 2. The summed E-state index contributed by atoms with van der Waals surface area (Å²) >= 11 is 0. The number of aromatic hydroxyl groups is 1. The number of hydrogen-bond donors (Lipinski definition) is 3. The Morgan fingerprint density at radius 3 is 1.96 bits per heavy atom. The number of anilines is 2. The number of amides is 2. The van der Waals surface area contributed by atoms with E-state index in [4.69, 9.17) is 0 Å². The van der Waals surface area contributed by atoms with Crippen LogP contribution in [0.5, 0.6) is 5.75 Å². The van der Waals surface area contributed by atoms with Crippen LogP contribution in [-0.4, -0.2) is 16.9 Å². The lowest BCUT2D eigenvalue weighted by atomic mass is 10.1. The molecule has 0 aromatic heterocycles. The van der Waals surface area contributed by atoms with Gasteiger partial charge in [-0.05, 0) is 47.2 Å². The van der Waals surface area contributed by atoms with Gasteiger partial charge < -0.3 is 15.7 Å². The van der Waals surface area contributed by atoms with Crippen molar-refractivity contribution in [2.24, 2.45) is 0 Å². The Labute approximate surface area is 132 Å². The summed E-state index contributed by atoms with van der Waals surface area (Å²) < 4.78 is 0. The Kier molecular flexibility index (Phi) is 3.93. The summed E-state index contributed by atoms with van der Waals surface area (Å²) in [5.41, 5.74) is 0.982. The van der Waals surface area contributed by atoms with Crippen LogP contribution in [-0.2, 0) is 9.59 Å². The maximum absolute atomic E-state index is 11.9. The number of rotatable bonds is 2. The zero-order chi connectivity index (χ0) is 16.2. The molecule has 0 saturated heterocycles. The maximum atomic E-state index is 11.9. The molecular weight excluding hydrogens is 292 g/mol. The van der Waals surface area contributed by atoms with E-state index in [1.54, 1.807) is 12.1 Å². The molecule has 3 aromatic carbocycles. The van der Waals surface area contributed by atoms with Crippen LogP contribution in [0.3, 0.4) is 0 Å². The molecule has 23 heavy (non-hydrogen) atoms. The van der Waals surface area contributed by atoms with Crippen molar-refractivity contribution in [3.05, 3.63) is 66.7 Å². The van der Waals surface area contributed by atoms with Crippen LogP contribution in [0.4, 0.5) is 11.4 Å². The van der Waals surface area contributed by atoms with Gasteiger partial charge in [-0.3, -0.25) is 9.59 Å². The molecule has 5 heteroatoms. The molecule has 0 aliphatic heterocycles. The van der Waals surface area contributed by atoms with Crippen molar-refractivity contribution in [3.63, 3.8) is 0 Å². The van der Waals surface area contributed by atoms with Gasteiger partial charge in [0.1, 0.15) is 5.75 Å². The van der Waals surface area contributed by atoms with Crippen LogP contribution in [0.2, 0.25) is 0 Å². The third-order valence-electron chi connectivity index (χ3n) is 3.34. The topological polar surface area (TPSA) is 78.4 Å². The molecule has 3 N–H and O–H groups in total. The second kappa shape index (κ2) is 6.19. The molecule has 0 saturated carbocycles. The molecule has 0 fully saturated rings. The van der Waals surface area contributed by atoms with Gasteiger partial charge in [-0.15, -0.1) is 0 Å². The number of benzene rings is 3. The molecule has 0 unspecified atom stereocenters. The lowest BCUT2D eigenvalue weighted by Crippen LogP contribution is -2.29. The van der Waals surface area contributed by atoms with E-state index < -0.39 is 11.8 Å². The Balaban J connectivity index is 1.69. The normalized spacial score (nSPS) is 10.3. The van der Waals surface area contributed by atoms with Gasteiger partial charge in [0, 0.05) is 11.4 Å². The van der Waals surface area contributed by atoms with Gasteiger partial charge in [-0.2, -0.15) is 0 Å². The highest BCUT2D eigenvalue weighted by Gasteiger charge is 2.14. The van der Waals surface area contributed by atoms with Crippen LogP contribution in [0.15, 0.2) is 66.7 Å². The zero-order valence-electron chi connectivity index (χ0n) is 12.1. The van der Waals surface area contributed by atoms with Crippen molar-refractivity contribution < 1.29 is 14.7 Å². The van der Waals surface area contributed by atoms with Crippen LogP contribution in [0.25, 0.3) is 10.8 Å². The molecule has 3 rings (SSSR count). The molecule has 0 aliphatic rings. The highest BCUT2D eigenvalue weighted by molar-refractivity contribution is 6.43. The van der Waals surface area contributed by atoms with E-state index in [0.29, 0.717) is 11.4 Å². The van der Waals surface area contributed by atoms with Crippen molar-refractivity contribution in [2.75, 3.05) is 10.6 Å². The van der Waals surface area contributed by atoms with Crippen molar-refractivity contribution in [1.82, 2.24) is 0 Å². The van der Waals surface area contributed by atoms with Gasteiger partial charge in [0.2, 0.25) is 0 Å². The number of phenolic OH excluding ortho intramolecular Hbond substituents is 1. The molecule has 0 heterocycles. The first-order valence-electron chi connectivity index (χ1n) is 7.02. The van der Waals surface area contributed by atoms with E-state index in [0.717, 1.165) is 10.8 Å². The second-order valence-electron chi connectivity index (χ2n) is 5.02. The van der Waals surface area contributed by atoms with E-state index in [-0.39, 0.29) is 5.75 Å². The number of hydrogen-bond acceptors (Lipinski definition) is 3. The van der Waals surface area contributed by atoms with Gasteiger partial charge in [-0.25, -0.2) is 0 Å². The molecule has 0 aliphatic carbocycles. The molecule has 0 bridgehead atoms. The van der Waals surface area contributed by atoms with E-state index in [1.807, 2.05) is 30.3 Å². The molecule has 2 amide bonds. The minimum Gasteiger partial charge on any atom is -0.508 e. The summed E-state index contributed by atoms with van der Waals surface area (Å²) in [6.07, 6.45) is 0. The highest BCUT2D eigenvalue weighted by atomic mass is 16.3. The molecule has 0 radical (unpaired) electrons. The van der Waals surface area contributed by atoms with E-state index in [2.05, 4.69) is 10.6 Å². The lowest BCUT2D eigenvalue weighted by Gasteiger charge is -2.07. The molecular formula is C18H14N2O3. The molecule has 0 spiro atoms. The summed E-state index contributed by atoms with van der Waals surface area (Å²) in [5.74, 6) is -1.44. The average Bonchev–Trinajstić information content (AvgIpc) is 2.56.